The van der Waals surface area contributed by atoms with Crippen LogP contribution in [0.2, 0.25) is 0 Å². The molecule has 19 heavy (non-hydrogen) atoms. The van der Waals surface area contributed by atoms with E-state index in [-0.39, 0.29) is 11.7 Å². The zero-order valence-corrected chi connectivity index (χ0v) is 12.3. The summed E-state index contributed by atoms with van der Waals surface area (Å²) < 4.78 is 0. The van der Waals surface area contributed by atoms with Gasteiger partial charge in [-0.1, -0.05) is 29.8 Å². The Labute approximate surface area is 120 Å². The van der Waals surface area contributed by atoms with E-state index in [4.69, 9.17) is 12.2 Å². The summed E-state index contributed by atoms with van der Waals surface area (Å²) in [5, 5.41) is 3.77. The Morgan fingerprint density at radius 1 is 1.26 bits per heavy atom. The first kappa shape index (κ1) is 14.0. The number of carbonyl (C=O) groups is 1. The minimum atomic E-state index is 0.138. The maximum Gasteiger partial charge on any atom is 0.168 e. The zero-order chi connectivity index (χ0) is 13.8. The van der Waals surface area contributed by atoms with E-state index in [9.17, 15) is 4.79 Å². The smallest absolute Gasteiger partial charge is 0.168 e. The van der Waals surface area contributed by atoms with Crippen LogP contribution in [0.4, 0.5) is 0 Å². The average molecular weight is 276 g/mol. The Hall–Kier alpha value is -1.42. The summed E-state index contributed by atoms with van der Waals surface area (Å²) in [6.07, 6.45) is 1.77. The molecule has 0 bridgehead atoms. The van der Waals surface area contributed by atoms with Gasteiger partial charge in [-0.25, -0.2) is 0 Å². The summed E-state index contributed by atoms with van der Waals surface area (Å²) in [4.78, 5) is 14.5. The number of hydrogen-bond acceptors (Lipinski definition) is 2. The van der Waals surface area contributed by atoms with Crippen molar-refractivity contribution in [3.8, 4) is 0 Å². The van der Waals surface area contributed by atoms with E-state index in [1.54, 1.807) is 0 Å². The molecule has 1 saturated heterocycles. The van der Waals surface area contributed by atoms with Gasteiger partial charge in [-0.2, -0.15) is 0 Å². The van der Waals surface area contributed by atoms with Crippen LogP contribution >= 0.6 is 12.2 Å². The third kappa shape index (κ3) is 3.32. The van der Waals surface area contributed by atoms with Crippen molar-refractivity contribution in [2.75, 3.05) is 20.1 Å². The van der Waals surface area contributed by atoms with Gasteiger partial charge in [0, 0.05) is 31.6 Å². The predicted octanol–water partition coefficient (Wildman–Crippen LogP) is 2.39. The minimum absolute atomic E-state index is 0.138. The van der Waals surface area contributed by atoms with Gasteiger partial charge >= 0.3 is 0 Å². The normalized spacial score (nSPS) is 16.2. The van der Waals surface area contributed by atoms with Crippen molar-refractivity contribution < 1.29 is 4.79 Å². The van der Waals surface area contributed by atoms with E-state index in [0.717, 1.165) is 36.6 Å². The summed E-state index contributed by atoms with van der Waals surface area (Å²) in [5.41, 5.74) is 2.02. The first-order chi connectivity index (χ1) is 9.11. The highest BCUT2D eigenvalue weighted by Crippen LogP contribution is 2.22. The number of hydrogen-bond donors (Lipinski definition) is 1. The Kier molecular flexibility index (Phi) is 4.53. The van der Waals surface area contributed by atoms with Crippen molar-refractivity contribution in [1.82, 2.24) is 10.2 Å². The standard InChI is InChI=1S/C15H20N2OS/c1-11-3-5-12(6-4-11)14(18)13-7-9-17(10-8-13)15(19)16-2/h3-6,13H,7-10H2,1-2H3,(H,16,19). The predicted molar refractivity (Wildman–Crippen MR) is 81.5 cm³/mol. The monoisotopic (exact) mass is 276 g/mol. The first-order valence-electron chi connectivity index (χ1n) is 6.69. The second-order valence-corrected chi connectivity index (χ2v) is 5.43. The molecular weight excluding hydrogens is 256 g/mol. The van der Waals surface area contributed by atoms with Gasteiger partial charge in [0.05, 0.1) is 0 Å². The van der Waals surface area contributed by atoms with E-state index in [1.165, 1.54) is 5.56 Å². The lowest BCUT2D eigenvalue weighted by Gasteiger charge is -2.32. The molecule has 3 nitrogen and oxygen atoms in total. The van der Waals surface area contributed by atoms with Crippen molar-refractivity contribution in [2.45, 2.75) is 19.8 Å². The lowest BCUT2D eigenvalue weighted by atomic mass is 9.89. The Morgan fingerprint density at radius 2 is 1.84 bits per heavy atom. The van der Waals surface area contributed by atoms with Crippen molar-refractivity contribution in [1.29, 1.82) is 0 Å². The molecule has 1 aliphatic heterocycles. The molecule has 102 valence electrons. The number of ketones is 1. The molecule has 1 heterocycles. The number of carbonyl (C=O) groups excluding carboxylic acids is 1. The molecular formula is C15H20N2OS. The molecule has 1 aromatic carbocycles. The molecule has 1 fully saturated rings. The lowest BCUT2D eigenvalue weighted by Crippen LogP contribution is -2.44. The van der Waals surface area contributed by atoms with Crippen molar-refractivity contribution in [3.05, 3.63) is 35.4 Å². The van der Waals surface area contributed by atoms with Crippen LogP contribution in [-0.2, 0) is 0 Å². The molecule has 0 aromatic heterocycles. The number of aryl methyl sites for hydroxylation is 1. The Bertz CT molecular complexity index is 462. The number of benzene rings is 1. The van der Waals surface area contributed by atoms with E-state index >= 15 is 0 Å². The Morgan fingerprint density at radius 3 is 2.37 bits per heavy atom. The lowest BCUT2D eigenvalue weighted by molar-refractivity contribution is 0.0872. The molecule has 1 N–H and O–H groups in total. The second-order valence-electron chi connectivity index (χ2n) is 5.05. The fourth-order valence-electron chi connectivity index (χ4n) is 2.46. The van der Waals surface area contributed by atoms with Crippen LogP contribution < -0.4 is 5.32 Å². The van der Waals surface area contributed by atoms with Crippen LogP contribution in [0.5, 0.6) is 0 Å². The van der Waals surface area contributed by atoms with Crippen LogP contribution in [0.1, 0.15) is 28.8 Å². The zero-order valence-electron chi connectivity index (χ0n) is 11.5. The highest BCUT2D eigenvalue weighted by molar-refractivity contribution is 7.80. The highest BCUT2D eigenvalue weighted by Gasteiger charge is 2.26. The maximum absolute atomic E-state index is 12.4. The fraction of sp³-hybridized carbons (Fsp3) is 0.467. The van der Waals surface area contributed by atoms with E-state index < -0.39 is 0 Å². The van der Waals surface area contributed by atoms with Gasteiger partial charge in [-0.3, -0.25) is 4.79 Å². The molecule has 0 atom stereocenters. The second kappa shape index (κ2) is 6.15. The third-order valence-corrected chi connectivity index (χ3v) is 4.17. The van der Waals surface area contributed by atoms with Crippen molar-refractivity contribution in [2.24, 2.45) is 5.92 Å². The topological polar surface area (TPSA) is 32.3 Å². The molecule has 0 amide bonds. The molecule has 0 unspecified atom stereocenters. The molecule has 0 radical (unpaired) electrons. The van der Waals surface area contributed by atoms with Crippen LogP contribution in [0.25, 0.3) is 0 Å². The van der Waals surface area contributed by atoms with Gasteiger partial charge in [0.1, 0.15) is 0 Å². The third-order valence-electron chi connectivity index (χ3n) is 3.70. The fourth-order valence-corrected chi connectivity index (χ4v) is 2.64. The van der Waals surface area contributed by atoms with Gasteiger partial charge in [0.15, 0.2) is 10.9 Å². The Balaban J connectivity index is 1.96. The molecule has 1 aromatic rings. The molecule has 0 spiro atoms. The number of Topliss-reactive ketones (excluding diaryl/α,β-unsaturated/α-hetero) is 1. The van der Waals surface area contributed by atoms with Crippen molar-refractivity contribution >= 4 is 23.1 Å². The van der Waals surface area contributed by atoms with E-state index in [0.29, 0.717) is 0 Å². The SMILES string of the molecule is CNC(=S)N1CCC(C(=O)c2ccc(C)cc2)CC1. The van der Waals surface area contributed by atoms with Gasteiger partial charge in [-0.15, -0.1) is 0 Å². The number of piperidine rings is 1. The molecule has 1 aliphatic rings. The maximum atomic E-state index is 12.4. The number of rotatable bonds is 2. The van der Waals surface area contributed by atoms with Crippen LogP contribution in [0.15, 0.2) is 24.3 Å². The summed E-state index contributed by atoms with van der Waals surface area (Å²) >= 11 is 5.22. The highest BCUT2D eigenvalue weighted by atomic mass is 32.1. The summed E-state index contributed by atoms with van der Waals surface area (Å²) in [6, 6.07) is 7.86. The largest absolute Gasteiger partial charge is 0.366 e. The number of likely N-dealkylation sites (tertiary alicyclic amines) is 1. The average Bonchev–Trinajstić information content (AvgIpc) is 2.46. The van der Waals surface area contributed by atoms with E-state index in [2.05, 4.69) is 10.2 Å². The molecule has 4 heteroatoms. The first-order valence-corrected chi connectivity index (χ1v) is 7.10. The summed E-state index contributed by atoms with van der Waals surface area (Å²) in [7, 11) is 1.84. The van der Waals surface area contributed by atoms with Crippen LogP contribution in [-0.4, -0.2) is 35.9 Å². The summed E-state index contributed by atoms with van der Waals surface area (Å²) in [5.74, 6) is 0.411. The van der Waals surface area contributed by atoms with E-state index in [1.807, 2.05) is 38.2 Å². The number of thiocarbonyl (C=S) groups is 1. The van der Waals surface area contributed by atoms with Gasteiger partial charge in [0.2, 0.25) is 0 Å². The summed E-state index contributed by atoms with van der Waals surface area (Å²) in [6.45, 7) is 3.76. The minimum Gasteiger partial charge on any atom is -0.366 e. The van der Waals surface area contributed by atoms with Gasteiger partial charge in [0.25, 0.3) is 0 Å². The molecule has 0 aliphatic carbocycles. The van der Waals surface area contributed by atoms with Crippen LogP contribution in [0, 0.1) is 12.8 Å². The number of nitrogens with one attached hydrogen (secondary N) is 1. The quantitative estimate of drug-likeness (QED) is 0.664. The van der Waals surface area contributed by atoms with Gasteiger partial charge in [-0.05, 0) is 32.0 Å². The number of nitrogens with zero attached hydrogens (tertiary/aromatic N) is 1. The van der Waals surface area contributed by atoms with Gasteiger partial charge < -0.3 is 10.2 Å². The molecule has 0 saturated carbocycles. The van der Waals surface area contributed by atoms with Crippen molar-refractivity contribution in [3.63, 3.8) is 0 Å². The molecule has 2 rings (SSSR count). The van der Waals surface area contributed by atoms with Crippen LogP contribution in [0.3, 0.4) is 0 Å².